The third-order valence-corrected chi connectivity index (χ3v) is 4.69. The summed E-state index contributed by atoms with van der Waals surface area (Å²) >= 11 is 3.45. The summed E-state index contributed by atoms with van der Waals surface area (Å²) in [5, 5.41) is 5.40. The van der Waals surface area contributed by atoms with Crippen molar-refractivity contribution in [2.24, 2.45) is 5.73 Å². The van der Waals surface area contributed by atoms with Crippen molar-refractivity contribution in [3.63, 3.8) is 0 Å². The van der Waals surface area contributed by atoms with Crippen LogP contribution >= 0.6 is 15.9 Å². The molecule has 1 saturated heterocycles. The van der Waals surface area contributed by atoms with Crippen LogP contribution in [0.15, 0.2) is 28.7 Å². The summed E-state index contributed by atoms with van der Waals surface area (Å²) in [5.74, 6) is -0.552. The van der Waals surface area contributed by atoms with Gasteiger partial charge >= 0.3 is 0 Å². The van der Waals surface area contributed by atoms with E-state index in [1.807, 2.05) is 12.1 Å². The van der Waals surface area contributed by atoms with Gasteiger partial charge < -0.3 is 21.1 Å². The van der Waals surface area contributed by atoms with Gasteiger partial charge in [0.2, 0.25) is 11.8 Å². The average molecular weight is 384 g/mol. The lowest BCUT2D eigenvalue weighted by Crippen LogP contribution is -2.47. The average Bonchev–Trinajstić information content (AvgIpc) is 2.59. The Morgan fingerprint density at radius 1 is 1.13 bits per heavy atom. The predicted molar refractivity (Wildman–Crippen MR) is 90.9 cm³/mol. The van der Waals surface area contributed by atoms with E-state index in [0.29, 0.717) is 19.8 Å². The predicted octanol–water partition coefficient (Wildman–Crippen LogP) is 0.688. The molecule has 1 aliphatic rings. The Kier molecular flexibility index (Phi) is 6.56. The van der Waals surface area contributed by atoms with E-state index >= 15 is 0 Å². The Morgan fingerprint density at radius 2 is 1.78 bits per heavy atom. The summed E-state index contributed by atoms with van der Waals surface area (Å²) in [7, 11) is 0. The van der Waals surface area contributed by atoms with Crippen molar-refractivity contribution in [2.45, 2.75) is 18.3 Å². The van der Waals surface area contributed by atoms with E-state index in [1.54, 1.807) is 0 Å². The second kappa shape index (κ2) is 8.42. The smallest absolute Gasteiger partial charge is 0.239 e. The molecule has 1 fully saturated rings. The van der Waals surface area contributed by atoms with E-state index in [1.165, 1.54) is 5.56 Å². The Morgan fingerprint density at radius 3 is 2.39 bits per heavy atom. The van der Waals surface area contributed by atoms with Crippen LogP contribution in [0.4, 0.5) is 0 Å². The van der Waals surface area contributed by atoms with Crippen molar-refractivity contribution in [3.8, 4) is 0 Å². The number of nitrogens with two attached hydrogens (primary N) is 1. The molecular weight excluding hydrogens is 362 g/mol. The zero-order valence-electron chi connectivity index (χ0n) is 12.9. The van der Waals surface area contributed by atoms with Gasteiger partial charge in [0, 0.05) is 29.6 Å². The molecule has 0 atom stereocenters. The zero-order chi connectivity index (χ0) is 16.7. The molecule has 7 heteroatoms. The first-order valence-corrected chi connectivity index (χ1v) is 8.42. The number of rotatable bonds is 6. The molecule has 6 nitrogen and oxygen atoms in total. The first kappa shape index (κ1) is 17.9. The first-order chi connectivity index (χ1) is 11.1. The SMILES string of the molecule is NCC(=O)NCC(=O)NCC1(c2ccc(Br)cc2)CCOCC1. The monoisotopic (exact) mass is 383 g/mol. The molecule has 0 aromatic heterocycles. The van der Waals surface area contributed by atoms with E-state index in [4.69, 9.17) is 10.5 Å². The highest BCUT2D eigenvalue weighted by Gasteiger charge is 2.34. The van der Waals surface area contributed by atoms with Crippen molar-refractivity contribution in [3.05, 3.63) is 34.3 Å². The minimum atomic E-state index is -0.339. The molecule has 1 aliphatic heterocycles. The number of ether oxygens (including phenoxy) is 1. The lowest BCUT2D eigenvalue weighted by Gasteiger charge is -2.38. The highest BCUT2D eigenvalue weighted by Crippen LogP contribution is 2.34. The number of amides is 2. The van der Waals surface area contributed by atoms with Crippen LogP contribution in [0.25, 0.3) is 0 Å². The fourth-order valence-corrected chi connectivity index (χ4v) is 2.98. The molecular formula is C16H22BrN3O3. The minimum absolute atomic E-state index is 0.0526. The van der Waals surface area contributed by atoms with E-state index < -0.39 is 0 Å². The van der Waals surface area contributed by atoms with Crippen molar-refractivity contribution in [1.82, 2.24) is 10.6 Å². The van der Waals surface area contributed by atoms with Gasteiger partial charge in [-0.1, -0.05) is 28.1 Å². The van der Waals surface area contributed by atoms with Crippen LogP contribution in [0.2, 0.25) is 0 Å². The second-order valence-electron chi connectivity index (χ2n) is 5.66. The van der Waals surface area contributed by atoms with Crippen molar-refractivity contribution in [1.29, 1.82) is 0 Å². The number of carbonyl (C=O) groups excluding carboxylic acids is 2. The number of halogens is 1. The maximum absolute atomic E-state index is 11.9. The summed E-state index contributed by atoms with van der Waals surface area (Å²) in [6.07, 6.45) is 1.70. The lowest BCUT2D eigenvalue weighted by atomic mass is 9.74. The molecule has 4 N–H and O–H groups in total. The van der Waals surface area contributed by atoms with E-state index in [0.717, 1.165) is 17.3 Å². The van der Waals surface area contributed by atoms with Crippen LogP contribution in [0.5, 0.6) is 0 Å². The molecule has 0 radical (unpaired) electrons. The molecule has 0 saturated carbocycles. The van der Waals surface area contributed by atoms with Gasteiger partial charge in [0.1, 0.15) is 0 Å². The molecule has 2 rings (SSSR count). The maximum atomic E-state index is 11.9. The molecule has 1 aromatic carbocycles. The van der Waals surface area contributed by atoms with Crippen molar-refractivity contribution in [2.75, 3.05) is 32.8 Å². The van der Waals surface area contributed by atoms with Crippen LogP contribution in [0.1, 0.15) is 18.4 Å². The largest absolute Gasteiger partial charge is 0.381 e. The van der Waals surface area contributed by atoms with Gasteiger partial charge in [-0.2, -0.15) is 0 Å². The quantitative estimate of drug-likeness (QED) is 0.673. The molecule has 0 bridgehead atoms. The summed E-state index contributed by atoms with van der Waals surface area (Å²) in [4.78, 5) is 23.0. The Labute approximate surface area is 144 Å². The van der Waals surface area contributed by atoms with Crippen LogP contribution in [0, 0.1) is 0 Å². The standard InChI is InChI=1S/C16H22BrN3O3/c17-13-3-1-12(2-4-13)16(5-7-23-8-6-16)11-20-15(22)10-19-14(21)9-18/h1-4H,5-11,18H2,(H,19,21)(H,20,22). The Bertz CT molecular complexity index is 542. The molecule has 1 heterocycles. The topological polar surface area (TPSA) is 93.5 Å². The van der Waals surface area contributed by atoms with Gasteiger partial charge in [-0.25, -0.2) is 0 Å². The highest BCUT2D eigenvalue weighted by molar-refractivity contribution is 9.10. The van der Waals surface area contributed by atoms with Gasteiger partial charge in [-0.3, -0.25) is 9.59 Å². The molecule has 0 aliphatic carbocycles. The van der Waals surface area contributed by atoms with E-state index in [-0.39, 0.29) is 30.3 Å². The molecule has 2 amide bonds. The van der Waals surface area contributed by atoms with Crippen LogP contribution in [-0.4, -0.2) is 44.7 Å². The van der Waals surface area contributed by atoms with Gasteiger partial charge in [0.15, 0.2) is 0 Å². The third-order valence-electron chi connectivity index (χ3n) is 4.16. The Hall–Kier alpha value is -1.44. The van der Waals surface area contributed by atoms with Gasteiger partial charge in [0.05, 0.1) is 13.1 Å². The van der Waals surface area contributed by atoms with Gasteiger partial charge in [-0.05, 0) is 30.5 Å². The van der Waals surface area contributed by atoms with Crippen LogP contribution in [0.3, 0.4) is 0 Å². The summed E-state index contributed by atoms with van der Waals surface area (Å²) in [5.41, 5.74) is 6.25. The molecule has 1 aromatic rings. The fraction of sp³-hybridized carbons (Fsp3) is 0.500. The third kappa shape index (κ3) is 5.02. The van der Waals surface area contributed by atoms with Crippen LogP contribution in [-0.2, 0) is 19.7 Å². The summed E-state index contributed by atoms with van der Waals surface area (Å²) in [6, 6.07) is 8.18. The molecule has 0 unspecified atom stereocenters. The second-order valence-corrected chi connectivity index (χ2v) is 6.57. The number of hydrogen-bond acceptors (Lipinski definition) is 4. The first-order valence-electron chi connectivity index (χ1n) is 7.63. The normalized spacial score (nSPS) is 16.6. The fourth-order valence-electron chi connectivity index (χ4n) is 2.71. The summed E-state index contributed by atoms with van der Waals surface area (Å²) in [6.45, 7) is 1.71. The summed E-state index contributed by atoms with van der Waals surface area (Å²) < 4.78 is 6.50. The molecule has 0 spiro atoms. The number of carbonyl (C=O) groups is 2. The lowest BCUT2D eigenvalue weighted by molar-refractivity contribution is -0.125. The number of benzene rings is 1. The van der Waals surface area contributed by atoms with E-state index in [2.05, 4.69) is 38.7 Å². The molecule has 23 heavy (non-hydrogen) atoms. The van der Waals surface area contributed by atoms with Crippen molar-refractivity contribution >= 4 is 27.7 Å². The maximum Gasteiger partial charge on any atom is 0.239 e. The minimum Gasteiger partial charge on any atom is -0.381 e. The van der Waals surface area contributed by atoms with E-state index in [9.17, 15) is 9.59 Å². The van der Waals surface area contributed by atoms with Crippen LogP contribution < -0.4 is 16.4 Å². The highest BCUT2D eigenvalue weighted by atomic mass is 79.9. The zero-order valence-corrected chi connectivity index (χ0v) is 14.5. The van der Waals surface area contributed by atoms with Gasteiger partial charge in [-0.15, -0.1) is 0 Å². The van der Waals surface area contributed by atoms with Gasteiger partial charge in [0.25, 0.3) is 0 Å². The number of nitrogens with one attached hydrogen (secondary N) is 2. The number of hydrogen-bond donors (Lipinski definition) is 3. The molecule has 126 valence electrons. The van der Waals surface area contributed by atoms with Crippen molar-refractivity contribution < 1.29 is 14.3 Å². The Balaban J connectivity index is 2.00.